The van der Waals surface area contributed by atoms with Gasteiger partial charge in [-0.3, -0.25) is 0 Å². The van der Waals surface area contributed by atoms with Crippen molar-refractivity contribution in [1.29, 1.82) is 0 Å². The van der Waals surface area contributed by atoms with Crippen molar-refractivity contribution in [3.05, 3.63) is 0 Å². The van der Waals surface area contributed by atoms with Gasteiger partial charge in [-0.25, -0.2) is 0 Å². The van der Waals surface area contributed by atoms with Crippen LogP contribution in [0.1, 0.15) is 117 Å². The summed E-state index contributed by atoms with van der Waals surface area (Å²) in [5.41, 5.74) is 0. The molecule has 0 nitrogen and oxygen atoms in total. The van der Waals surface area contributed by atoms with Crippen LogP contribution in [-0.4, -0.2) is 0 Å². The predicted molar refractivity (Wildman–Crippen MR) is 97.5 cm³/mol. The van der Waals surface area contributed by atoms with Gasteiger partial charge in [-0.05, 0) is 12.8 Å². The molecule has 1 unspecified atom stereocenters. The van der Waals surface area contributed by atoms with Gasteiger partial charge in [-0.1, -0.05) is 104 Å². The van der Waals surface area contributed by atoms with E-state index in [1.165, 1.54) is 103 Å². The number of unbranched alkanes of at least 4 members (excludes halogenated alkanes) is 12. The Kier molecular flexibility index (Phi) is 17.2. The third-order valence-corrected chi connectivity index (χ3v) is 4.55. The van der Waals surface area contributed by atoms with E-state index < -0.39 is 0 Å². The molecular weight excluding hydrogens is 252 g/mol. The first-order chi connectivity index (χ1) is 10.3. The first-order valence-corrected chi connectivity index (χ1v) is 9.81. The van der Waals surface area contributed by atoms with Gasteiger partial charge in [0.1, 0.15) is 0 Å². The average molecular weight is 293 g/mol. The van der Waals surface area contributed by atoms with Gasteiger partial charge in [0.25, 0.3) is 0 Å². The van der Waals surface area contributed by atoms with E-state index in [0.29, 0.717) is 5.92 Å². The Morgan fingerprint density at radius 1 is 0.571 bits per heavy atom. The number of hydrogen-bond acceptors (Lipinski definition) is 0. The van der Waals surface area contributed by atoms with Crippen molar-refractivity contribution >= 4 is 0 Å². The highest BCUT2D eigenvalue weighted by atomic mass is 14.1. The molecule has 0 saturated heterocycles. The van der Waals surface area contributed by atoms with Crippen LogP contribution in [0.25, 0.3) is 0 Å². The molecule has 0 heteroatoms. The molecule has 0 rings (SSSR count). The molecule has 21 heavy (non-hydrogen) atoms. The lowest BCUT2D eigenvalue weighted by Crippen LogP contribution is -1.97. The Morgan fingerprint density at radius 2 is 0.905 bits per heavy atom. The SMILES string of the molecule is C#CC(CCCCCCCC)CCCCCCCCCC. The summed E-state index contributed by atoms with van der Waals surface area (Å²) in [6.07, 6.45) is 27.7. The molecule has 0 aromatic rings. The van der Waals surface area contributed by atoms with Crippen molar-refractivity contribution in [3.8, 4) is 12.3 Å². The molecule has 0 heterocycles. The van der Waals surface area contributed by atoms with Crippen LogP contribution < -0.4 is 0 Å². The summed E-state index contributed by atoms with van der Waals surface area (Å²) in [6, 6.07) is 0. The summed E-state index contributed by atoms with van der Waals surface area (Å²) in [6.45, 7) is 4.56. The molecule has 0 aromatic carbocycles. The fraction of sp³-hybridized carbons (Fsp3) is 0.905. The van der Waals surface area contributed by atoms with E-state index in [9.17, 15) is 0 Å². The first kappa shape index (κ1) is 20.6. The normalized spacial score (nSPS) is 12.2. The maximum atomic E-state index is 5.68. The maximum absolute atomic E-state index is 5.68. The lowest BCUT2D eigenvalue weighted by atomic mass is 9.95. The van der Waals surface area contributed by atoms with Crippen LogP contribution in [0.3, 0.4) is 0 Å². The summed E-state index contributed by atoms with van der Waals surface area (Å²) in [4.78, 5) is 0. The zero-order valence-electron chi connectivity index (χ0n) is 15.0. The number of hydrogen-bond donors (Lipinski definition) is 0. The van der Waals surface area contributed by atoms with Gasteiger partial charge in [-0.15, -0.1) is 12.3 Å². The van der Waals surface area contributed by atoms with Gasteiger partial charge in [0, 0.05) is 5.92 Å². The van der Waals surface area contributed by atoms with Gasteiger partial charge in [0.2, 0.25) is 0 Å². The van der Waals surface area contributed by atoms with E-state index in [0.717, 1.165) is 0 Å². The molecule has 0 radical (unpaired) electrons. The zero-order valence-corrected chi connectivity index (χ0v) is 15.0. The molecule has 0 aliphatic heterocycles. The van der Waals surface area contributed by atoms with Crippen LogP contribution in [0.5, 0.6) is 0 Å². The Balaban J connectivity index is 3.31. The van der Waals surface area contributed by atoms with Crippen LogP contribution in [0.15, 0.2) is 0 Å². The molecule has 124 valence electrons. The fourth-order valence-corrected chi connectivity index (χ4v) is 3.01. The molecule has 0 spiro atoms. The van der Waals surface area contributed by atoms with Crippen molar-refractivity contribution in [2.24, 2.45) is 5.92 Å². The smallest absolute Gasteiger partial charge is 0.0200 e. The van der Waals surface area contributed by atoms with Crippen LogP contribution in [0, 0.1) is 18.3 Å². The van der Waals surface area contributed by atoms with Gasteiger partial charge in [-0.2, -0.15) is 0 Å². The first-order valence-electron chi connectivity index (χ1n) is 9.81. The molecule has 0 aliphatic carbocycles. The van der Waals surface area contributed by atoms with Crippen molar-refractivity contribution in [1.82, 2.24) is 0 Å². The highest BCUT2D eigenvalue weighted by molar-refractivity contribution is 4.92. The topological polar surface area (TPSA) is 0 Å². The average Bonchev–Trinajstić information content (AvgIpc) is 2.51. The Morgan fingerprint density at radius 3 is 1.24 bits per heavy atom. The molecule has 0 bridgehead atoms. The third-order valence-electron chi connectivity index (χ3n) is 4.55. The predicted octanol–water partition coefficient (Wildman–Crippen LogP) is 7.52. The molecule has 0 aromatic heterocycles. The summed E-state index contributed by atoms with van der Waals surface area (Å²) < 4.78 is 0. The van der Waals surface area contributed by atoms with E-state index in [1.54, 1.807) is 0 Å². The van der Waals surface area contributed by atoms with Crippen LogP contribution in [0.2, 0.25) is 0 Å². The molecule has 0 fully saturated rings. The minimum Gasteiger partial charge on any atom is -0.120 e. The lowest BCUT2D eigenvalue weighted by molar-refractivity contribution is 0.474. The Hall–Kier alpha value is -0.440. The monoisotopic (exact) mass is 292 g/mol. The maximum Gasteiger partial charge on any atom is 0.0200 e. The van der Waals surface area contributed by atoms with Crippen LogP contribution in [-0.2, 0) is 0 Å². The number of terminal acetylenes is 1. The van der Waals surface area contributed by atoms with Gasteiger partial charge >= 0.3 is 0 Å². The minimum absolute atomic E-state index is 0.552. The minimum atomic E-state index is 0.552. The van der Waals surface area contributed by atoms with E-state index in [1.807, 2.05) is 0 Å². The van der Waals surface area contributed by atoms with Crippen LogP contribution in [0.4, 0.5) is 0 Å². The molecule has 0 N–H and O–H groups in total. The summed E-state index contributed by atoms with van der Waals surface area (Å²) in [5, 5.41) is 0. The Bertz CT molecular complexity index is 223. The highest BCUT2D eigenvalue weighted by Gasteiger charge is 2.04. The molecular formula is C21H40. The number of rotatable bonds is 16. The lowest BCUT2D eigenvalue weighted by Gasteiger charge is -2.10. The largest absolute Gasteiger partial charge is 0.120 e. The van der Waals surface area contributed by atoms with Crippen molar-refractivity contribution in [2.45, 2.75) is 117 Å². The van der Waals surface area contributed by atoms with Gasteiger partial charge in [0.05, 0.1) is 0 Å². The van der Waals surface area contributed by atoms with Gasteiger partial charge in [0.15, 0.2) is 0 Å². The molecule has 0 aliphatic rings. The highest BCUT2D eigenvalue weighted by Crippen LogP contribution is 2.18. The summed E-state index contributed by atoms with van der Waals surface area (Å²) >= 11 is 0. The zero-order chi connectivity index (χ0) is 15.6. The fourth-order valence-electron chi connectivity index (χ4n) is 3.01. The van der Waals surface area contributed by atoms with Crippen molar-refractivity contribution < 1.29 is 0 Å². The third kappa shape index (κ3) is 15.8. The van der Waals surface area contributed by atoms with E-state index in [4.69, 9.17) is 6.42 Å². The molecule has 1 atom stereocenters. The standard InChI is InChI=1S/C21H40/c1-4-7-9-11-13-14-16-18-20-21(6-3)19-17-15-12-10-8-5-2/h3,21H,4-5,7-20H2,1-2H3. The second kappa shape index (κ2) is 17.6. The summed E-state index contributed by atoms with van der Waals surface area (Å²) in [5.74, 6) is 3.58. The molecule has 0 amide bonds. The summed E-state index contributed by atoms with van der Waals surface area (Å²) in [7, 11) is 0. The molecule has 0 saturated carbocycles. The van der Waals surface area contributed by atoms with E-state index in [-0.39, 0.29) is 0 Å². The Labute approximate surface area is 135 Å². The quantitative estimate of drug-likeness (QED) is 0.204. The van der Waals surface area contributed by atoms with E-state index in [2.05, 4.69) is 19.8 Å². The second-order valence-electron chi connectivity index (χ2n) is 6.68. The van der Waals surface area contributed by atoms with Crippen LogP contribution >= 0.6 is 0 Å². The van der Waals surface area contributed by atoms with Crippen molar-refractivity contribution in [3.63, 3.8) is 0 Å². The van der Waals surface area contributed by atoms with E-state index >= 15 is 0 Å². The second-order valence-corrected chi connectivity index (χ2v) is 6.68. The van der Waals surface area contributed by atoms with Crippen molar-refractivity contribution in [2.75, 3.05) is 0 Å². The van der Waals surface area contributed by atoms with Gasteiger partial charge < -0.3 is 0 Å².